The molecule has 0 radical (unpaired) electrons. The number of aryl methyl sites for hydroxylation is 1. The van der Waals surface area contributed by atoms with Crippen LogP contribution >= 0.6 is 0 Å². The Hall–Kier alpha value is -0.390. The van der Waals surface area contributed by atoms with Gasteiger partial charge in [0.1, 0.15) is 10.1 Å². The molecule has 0 aliphatic carbocycles. The second-order valence-electron chi connectivity index (χ2n) is 7.90. The van der Waals surface area contributed by atoms with Crippen LogP contribution in [-0.2, 0) is 16.5 Å². The molecule has 0 aliphatic rings. The average molecular weight is 427 g/mol. The summed E-state index contributed by atoms with van der Waals surface area (Å²) in [5.74, 6) is 0. The van der Waals surface area contributed by atoms with Crippen LogP contribution in [0.2, 0.25) is 0 Å². The first-order valence-electron chi connectivity index (χ1n) is 11.0. The Balaban J connectivity index is 0.00000420. The van der Waals surface area contributed by atoms with E-state index < -0.39 is 10.1 Å². The first kappa shape index (κ1) is 26.6. The molecular formula is C24H35NaO3S. The molecule has 5 heteroatoms. The quantitative estimate of drug-likeness (QED) is 0.261. The smallest absolute Gasteiger partial charge is 0.744 e. The van der Waals surface area contributed by atoms with Crippen molar-refractivity contribution >= 4 is 20.9 Å². The van der Waals surface area contributed by atoms with Crippen molar-refractivity contribution < 1.29 is 42.5 Å². The number of rotatable bonds is 14. The minimum Gasteiger partial charge on any atom is -0.744 e. The van der Waals surface area contributed by atoms with E-state index in [0.29, 0.717) is 5.39 Å². The zero-order chi connectivity index (χ0) is 20.2. The minimum atomic E-state index is -4.43. The molecule has 0 unspecified atom stereocenters. The van der Waals surface area contributed by atoms with Crippen molar-refractivity contribution in [1.29, 1.82) is 0 Å². The van der Waals surface area contributed by atoms with E-state index in [1.165, 1.54) is 82.3 Å². The van der Waals surface area contributed by atoms with Crippen molar-refractivity contribution in [1.82, 2.24) is 0 Å². The van der Waals surface area contributed by atoms with Crippen LogP contribution in [0.1, 0.15) is 89.5 Å². The second-order valence-corrected chi connectivity index (χ2v) is 9.25. The van der Waals surface area contributed by atoms with Gasteiger partial charge in [0.05, 0.1) is 4.90 Å². The van der Waals surface area contributed by atoms with Gasteiger partial charge in [-0.2, -0.15) is 0 Å². The molecule has 0 atom stereocenters. The van der Waals surface area contributed by atoms with Gasteiger partial charge >= 0.3 is 29.6 Å². The summed E-state index contributed by atoms with van der Waals surface area (Å²) in [4.78, 5) is -0.123. The van der Waals surface area contributed by atoms with Crippen LogP contribution < -0.4 is 29.6 Å². The van der Waals surface area contributed by atoms with E-state index in [-0.39, 0.29) is 34.5 Å². The van der Waals surface area contributed by atoms with Crippen LogP contribution in [0.3, 0.4) is 0 Å². The third kappa shape index (κ3) is 9.97. The number of unbranched alkanes of at least 4 members (excludes halogenated alkanes) is 11. The topological polar surface area (TPSA) is 57.2 Å². The van der Waals surface area contributed by atoms with Gasteiger partial charge in [-0.05, 0) is 35.2 Å². The number of benzene rings is 2. The van der Waals surface area contributed by atoms with E-state index >= 15 is 0 Å². The number of fused-ring (bicyclic) bond motifs is 1. The molecule has 3 nitrogen and oxygen atoms in total. The predicted molar refractivity (Wildman–Crippen MR) is 117 cm³/mol. The molecule has 0 spiro atoms. The Bertz CT molecular complexity index is 818. The van der Waals surface area contributed by atoms with Gasteiger partial charge in [0.2, 0.25) is 0 Å². The molecule has 0 bridgehead atoms. The molecule has 0 fully saturated rings. The maximum absolute atomic E-state index is 11.4. The maximum Gasteiger partial charge on any atom is 1.00 e. The van der Waals surface area contributed by atoms with Gasteiger partial charge in [0, 0.05) is 0 Å². The molecule has 2 aromatic rings. The second kappa shape index (κ2) is 14.6. The number of hydrogen-bond acceptors (Lipinski definition) is 3. The van der Waals surface area contributed by atoms with Gasteiger partial charge in [-0.15, -0.1) is 0 Å². The molecule has 2 aromatic carbocycles. The van der Waals surface area contributed by atoms with Crippen LogP contribution in [0, 0.1) is 0 Å². The van der Waals surface area contributed by atoms with E-state index in [2.05, 4.69) is 6.92 Å². The van der Waals surface area contributed by atoms with Gasteiger partial charge in [-0.3, -0.25) is 0 Å². The summed E-state index contributed by atoms with van der Waals surface area (Å²) in [7, 11) is -4.43. The summed E-state index contributed by atoms with van der Waals surface area (Å²) in [6.07, 6.45) is 17.1. The van der Waals surface area contributed by atoms with Crippen molar-refractivity contribution in [3.8, 4) is 0 Å². The standard InChI is InChI=1S/C24H36O3S.Na/c1-2-3-4-5-6-7-8-9-10-11-12-13-15-21-18-19-23-22(20-21)16-14-17-24(23)28(25,26)27;/h14,16-20H,2-13,15H2,1H3,(H,25,26,27);/q;+1/p-1. The van der Waals surface area contributed by atoms with E-state index in [1.54, 1.807) is 12.1 Å². The van der Waals surface area contributed by atoms with Crippen LogP contribution in [0.25, 0.3) is 10.8 Å². The fourth-order valence-corrected chi connectivity index (χ4v) is 4.55. The molecule has 29 heavy (non-hydrogen) atoms. The minimum absolute atomic E-state index is 0. The van der Waals surface area contributed by atoms with E-state index in [1.807, 2.05) is 18.2 Å². The van der Waals surface area contributed by atoms with Crippen molar-refractivity contribution in [2.45, 2.75) is 95.3 Å². The Morgan fingerprint density at radius 1 is 0.759 bits per heavy atom. The van der Waals surface area contributed by atoms with Crippen LogP contribution in [-0.4, -0.2) is 13.0 Å². The Labute approximate surface area is 199 Å². The fraction of sp³-hybridized carbons (Fsp3) is 0.583. The third-order valence-electron chi connectivity index (χ3n) is 5.49. The van der Waals surface area contributed by atoms with Crippen molar-refractivity contribution in [2.24, 2.45) is 0 Å². The fourth-order valence-electron chi connectivity index (χ4n) is 3.85. The average Bonchev–Trinajstić information content (AvgIpc) is 2.67. The molecular weight excluding hydrogens is 391 g/mol. The number of hydrogen-bond donors (Lipinski definition) is 0. The van der Waals surface area contributed by atoms with Gasteiger partial charge in [0.15, 0.2) is 0 Å². The Morgan fingerprint density at radius 2 is 1.31 bits per heavy atom. The summed E-state index contributed by atoms with van der Waals surface area (Å²) < 4.78 is 34.1. The van der Waals surface area contributed by atoms with Gasteiger partial charge in [-0.25, -0.2) is 8.42 Å². The van der Waals surface area contributed by atoms with Crippen molar-refractivity contribution in [3.05, 3.63) is 42.0 Å². The molecule has 0 saturated heterocycles. The van der Waals surface area contributed by atoms with E-state index in [0.717, 1.165) is 18.2 Å². The Morgan fingerprint density at radius 3 is 1.86 bits per heavy atom. The van der Waals surface area contributed by atoms with Gasteiger partial charge in [-0.1, -0.05) is 108 Å². The molecule has 0 aliphatic heterocycles. The zero-order valence-electron chi connectivity index (χ0n) is 18.3. The summed E-state index contributed by atoms with van der Waals surface area (Å²) in [6.45, 7) is 2.26. The summed E-state index contributed by atoms with van der Waals surface area (Å²) >= 11 is 0. The maximum atomic E-state index is 11.4. The van der Waals surface area contributed by atoms with Gasteiger partial charge in [0.25, 0.3) is 0 Å². The van der Waals surface area contributed by atoms with Crippen molar-refractivity contribution in [2.75, 3.05) is 0 Å². The van der Waals surface area contributed by atoms with Crippen molar-refractivity contribution in [3.63, 3.8) is 0 Å². The first-order valence-corrected chi connectivity index (χ1v) is 12.4. The predicted octanol–water partition coefficient (Wildman–Crippen LogP) is 3.99. The molecule has 0 N–H and O–H groups in total. The molecule has 156 valence electrons. The summed E-state index contributed by atoms with van der Waals surface area (Å²) in [5.41, 5.74) is 1.21. The molecule has 0 heterocycles. The SMILES string of the molecule is CCCCCCCCCCCCCCc1ccc2c(S(=O)(=O)[O-])cccc2c1.[Na+]. The van der Waals surface area contributed by atoms with Crippen LogP contribution in [0.4, 0.5) is 0 Å². The molecule has 0 aromatic heterocycles. The van der Waals surface area contributed by atoms with Crippen LogP contribution in [0.5, 0.6) is 0 Å². The first-order chi connectivity index (χ1) is 13.5. The molecule has 2 rings (SSSR count). The largest absolute Gasteiger partial charge is 1.00 e. The summed E-state index contributed by atoms with van der Waals surface area (Å²) in [6, 6.07) is 10.6. The zero-order valence-corrected chi connectivity index (χ0v) is 21.1. The summed E-state index contributed by atoms with van der Waals surface area (Å²) in [5, 5.41) is 1.35. The Kier molecular flexibility index (Phi) is 13.4. The monoisotopic (exact) mass is 426 g/mol. The van der Waals surface area contributed by atoms with E-state index in [9.17, 15) is 13.0 Å². The third-order valence-corrected chi connectivity index (χ3v) is 6.39. The van der Waals surface area contributed by atoms with Crippen LogP contribution in [0.15, 0.2) is 41.3 Å². The molecule has 0 saturated carbocycles. The van der Waals surface area contributed by atoms with E-state index in [4.69, 9.17) is 0 Å². The molecule has 0 amide bonds. The van der Waals surface area contributed by atoms with Gasteiger partial charge < -0.3 is 4.55 Å². The normalized spacial score (nSPS) is 11.5.